The van der Waals surface area contributed by atoms with Crippen molar-refractivity contribution in [1.29, 1.82) is 0 Å². The third-order valence-electron chi connectivity index (χ3n) is 6.53. The second kappa shape index (κ2) is 12.6. The van der Waals surface area contributed by atoms with Gasteiger partial charge in [-0.25, -0.2) is 13.6 Å². The van der Waals surface area contributed by atoms with Gasteiger partial charge in [0.05, 0.1) is 38.1 Å². The molecule has 1 fully saturated rings. The first-order valence-corrected chi connectivity index (χ1v) is 12.3. The molecule has 0 radical (unpaired) electrons. The smallest absolute Gasteiger partial charge is 0.337 e. The number of halogens is 2. The molecule has 0 spiro atoms. The van der Waals surface area contributed by atoms with Crippen LogP contribution in [0.25, 0.3) is 0 Å². The fourth-order valence-electron chi connectivity index (χ4n) is 4.35. The molecule has 0 saturated carbocycles. The van der Waals surface area contributed by atoms with Gasteiger partial charge < -0.3 is 19.1 Å². The Hall–Kier alpha value is -3.82. The summed E-state index contributed by atoms with van der Waals surface area (Å²) in [5.41, 5.74) is 2.05. The van der Waals surface area contributed by atoms with E-state index in [9.17, 15) is 18.4 Å². The van der Waals surface area contributed by atoms with Gasteiger partial charge >= 0.3 is 5.97 Å². The lowest BCUT2D eigenvalue weighted by Gasteiger charge is -2.36. The molecule has 0 N–H and O–H groups in total. The Morgan fingerprint density at radius 1 is 0.921 bits per heavy atom. The van der Waals surface area contributed by atoms with Crippen LogP contribution < -0.4 is 4.74 Å². The van der Waals surface area contributed by atoms with Gasteiger partial charge in [0.1, 0.15) is 17.4 Å². The highest BCUT2D eigenvalue weighted by atomic mass is 19.1. The first kappa shape index (κ1) is 27.2. The number of carbonyl (C=O) groups is 2. The van der Waals surface area contributed by atoms with Gasteiger partial charge in [0.2, 0.25) is 0 Å². The zero-order valence-electron chi connectivity index (χ0n) is 21.4. The molecule has 7 nitrogen and oxygen atoms in total. The minimum atomic E-state index is -0.732. The van der Waals surface area contributed by atoms with E-state index in [1.165, 1.54) is 7.11 Å². The van der Waals surface area contributed by atoms with Crippen LogP contribution in [0.15, 0.2) is 66.7 Å². The van der Waals surface area contributed by atoms with Gasteiger partial charge in [0.25, 0.3) is 5.91 Å². The summed E-state index contributed by atoms with van der Waals surface area (Å²) >= 11 is 0. The van der Waals surface area contributed by atoms with Gasteiger partial charge in [0, 0.05) is 32.7 Å². The van der Waals surface area contributed by atoms with E-state index < -0.39 is 23.5 Å². The Morgan fingerprint density at radius 2 is 1.66 bits per heavy atom. The standard InChI is InChI=1S/C29H30F2N2O5/c1-36-24-5-3-4-22(16-24)27(38-19-20-6-8-21(9-7-20)29(35)37-2)18-32-12-14-33(15-13-32)28(34)25-17-23(30)10-11-26(25)31/h3-11,16-17,27H,12-15,18-19H2,1-2H3/t27-/m1/s1. The van der Waals surface area contributed by atoms with E-state index in [1.807, 2.05) is 36.4 Å². The number of hydrogen-bond acceptors (Lipinski definition) is 6. The summed E-state index contributed by atoms with van der Waals surface area (Å²) in [6, 6.07) is 17.6. The van der Waals surface area contributed by atoms with E-state index in [4.69, 9.17) is 14.2 Å². The normalized spacial score (nSPS) is 14.7. The van der Waals surface area contributed by atoms with Crippen molar-refractivity contribution < 1.29 is 32.6 Å². The van der Waals surface area contributed by atoms with Crippen molar-refractivity contribution in [2.24, 2.45) is 0 Å². The third kappa shape index (κ3) is 6.73. The number of ether oxygens (including phenoxy) is 3. The van der Waals surface area contributed by atoms with Crippen molar-refractivity contribution in [1.82, 2.24) is 9.80 Å². The molecule has 1 aliphatic rings. The molecule has 1 atom stereocenters. The summed E-state index contributed by atoms with van der Waals surface area (Å²) in [7, 11) is 2.95. The van der Waals surface area contributed by atoms with E-state index in [-0.39, 0.29) is 11.7 Å². The second-order valence-corrected chi connectivity index (χ2v) is 8.98. The number of carbonyl (C=O) groups excluding carboxylic acids is 2. The highest BCUT2D eigenvalue weighted by Crippen LogP contribution is 2.25. The van der Waals surface area contributed by atoms with Crippen molar-refractivity contribution in [2.75, 3.05) is 46.9 Å². The number of esters is 1. The number of amides is 1. The number of benzene rings is 3. The lowest BCUT2D eigenvalue weighted by Crippen LogP contribution is -2.49. The number of hydrogen-bond donors (Lipinski definition) is 0. The van der Waals surface area contributed by atoms with Crippen LogP contribution in [0.5, 0.6) is 5.75 Å². The molecular formula is C29H30F2N2O5. The predicted octanol–water partition coefficient (Wildman–Crippen LogP) is 4.48. The molecule has 0 unspecified atom stereocenters. The van der Waals surface area contributed by atoms with Gasteiger partial charge in [-0.3, -0.25) is 9.69 Å². The molecule has 3 aromatic rings. The fraction of sp³-hybridized carbons (Fsp3) is 0.310. The second-order valence-electron chi connectivity index (χ2n) is 8.98. The van der Waals surface area contributed by atoms with Crippen LogP contribution in [0, 0.1) is 11.6 Å². The Bertz CT molecular complexity index is 1260. The van der Waals surface area contributed by atoms with Crippen molar-refractivity contribution >= 4 is 11.9 Å². The Morgan fingerprint density at radius 3 is 2.34 bits per heavy atom. The van der Waals surface area contributed by atoms with Crippen LogP contribution in [0.3, 0.4) is 0 Å². The minimum Gasteiger partial charge on any atom is -0.497 e. The summed E-state index contributed by atoms with van der Waals surface area (Å²) in [5.74, 6) is -1.58. The molecular weight excluding hydrogens is 494 g/mol. The van der Waals surface area contributed by atoms with Gasteiger partial charge in [-0.15, -0.1) is 0 Å². The number of piperazine rings is 1. The lowest BCUT2D eigenvalue weighted by molar-refractivity contribution is 0.00326. The summed E-state index contributed by atoms with van der Waals surface area (Å²) in [5, 5.41) is 0. The van der Waals surface area contributed by atoms with Gasteiger partial charge in [-0.05, 0) is 53.6 Å². The van der Waals surface area contributed by atoms with Gasteiger partial charge in [-0.2, -0.15) is 0 Å². The van der Waals surface area contributed by atoms with E-state index in [0.29, 0.717) is 50.6 Å². The van der Waals surface area contributed by atoms with E-state index in [1.54, 1.807) is 24.1 Å². The van der Waals surface area contributed by atoms with Crippen molar-refractivity contribution in [3.05, 3.63) is 101 Å². The fourth-order valence-corrected chi connectivity index (χ4v) is 4.35. The highest BCUT2D eigenvalue weighted by Gasteiger charge is 2.26. The average molecular weight is 525 g/mol. The molecule has 3 aromatic carbocycles. The molecule has 9 heteroatoms. The third-order valence-corrected chi connectivity index (χ3v) is 6.53. The van der Waals surface area contributed by atoms with Crippen molar-refractivity contribution in [2.45, 2.75) is 12.7 Å². The summed E-state index contributed by atoms with van der Waals surface area (Å²) in [6.45, 7) is 2.76. The molecule has 1 heterocycles. The van der Waals surface area contributed by atoms with Crippen LogP contribution in [-0.4, -0.2) is 68.6 Å². The molecule has 0 bridgehead atoms. The topological polar surface area (TPSA) is 68.3 Å². The Labute approximate surface area is 220 Å². The molecule has 0 aliphatic carbocycles. The quantitative estimate of drug-likeness (QED) is 0.385. The molecule has 1 amide bonds. The monoisotopic (exact) mass is 524 g/mol. The first-order valence-electron chi connectivity index (χ1n) is 12.3. The number of nitrogens with zero attached hydrogens (tertiary/aromatic N) is 2. The van der Waals surface area contributed by atoms with Crippen LogP contribution in [0.2, 0.25) is 0 Å². The lowest BCUT2D eigenvalue weighted by atomic mass is 10.1. The zero-order chi connectivity index (χ0) is 27.1. The van der Waals surface area contributed by atoms with Crippen LogP contribution >= 0.6 is 0 Å². The van der Waals surface area contributed by atoms with Gasteiger partial charge in [-0.1, -0.05) is 24.3 Å². The maximum absolute atomic E-state index is 14.1. The van der Waals surface area contributed by atoms with Gasteiger partial charge in [0.15, 0.2) is 0 Å². The molecule has 1 saturated heterocycles. The Balaban J connectivity index is 1.41. The molecule has 38 heavy (non-hydrogen) atoms. The van der Waals surface area contributed by atoms with Crippen LogP contribution in [0.1, 0.15) is 37.9 Å². The largest absolute Gasteiger partial charge is 0.497 e. The SMILES string of the molecule is COC(=O)c1ccc(CO[C@H](CN2CCN(C(=O)c3cc(F)ccc3F)CC2)c2cccc(OC)c2)cc1. The van der Waals surface area contributed by atoms with Crippen LogP contribution in [-0.2, 0) is 16.1 Å². The maximum Gasteiger partial charge on any atom is 0.337 e. The van der Waals surface area contributed by atoms with E-state index in [0.717, 1.165) is 29.3 Å². The Kier molecular flexibility index (Phi) is 9.04. The highest BCUT2D eigenvalue weighted by molar-refractivity contribution is 5.94. The van der Waals surface area contributed by atoms with Crippen molar-refractivity contribution in [3.8, 4) is 5.75 Å². The molecule has 200 valence electrons. The van der Waals surface area contributed by atoms with E-state index in [2.05, 4.69) is 4.90 Å². The molecule has 4 rings (SSSR count). The first-order chi connectivity index (χ1) is 18.4. The minimum absolute atomic E-state index is 0.255. The molecule has 0 aromatic heterocycles. The number of methoxy groups -OCH3 is 2. The van der Waals surface area contributed by atoms with Crippen LogP contribution in [0.4, 0.5) is 8.78 Å². The van der Waals surface area contributed by atoms with Crippen molar-refractivity contribution in [3.63, 3.8) is 0 Å². The summed E-state index contributed by atoms with van der Waals surface area (Å²) in [4.78, 5) is 28.2. The zero-order valence-corrected chi connectivity index (χ0v) is 21.4. The average Bonchev–Trinajstić information content (AvgIpc) is 2.96. The maximum atomic E-state index is 14.1. The summed E-state index contributed by atoms with van der Waals surface area (Å²) < 4.78 is 44.1. The molecule has 1 aliphatic heterocycles. The number of rotatable bonds is 9. The predicted molar refractivity (Wildman–Crippen MR) is 137 cm³/mol. The summed E-state index contributed by atoms with van der Waals surface area (Å²) in [6.07, 6.45) is -0.298. The van der Waals surface area contributed by atoms with E-state index >= 15 is 0 Å².